The number of ether oxygens (including phenoxy) is 1. The molecule has 0 bridgehead atoms. The molecule has 0 aliphatic heterocycles. The maximum absolute atomic E-state index is 13.6. The highest BCUT2D eigenvalue weighted by molar-refractivity contribution is 7.21. The van der Waals surface area contributed by atoms with Crippen LogP contribution in [0.5, 0.6) is 5.75 Å². The Morgan fingerprint density at radius 3 is 2.88 bits per heavy atom. The highest BCUT2D eigenvalue weighted by atomic mass is 32.1. The maximum atomic E-state index is 13.6. The fraction of sp³-hybridized carbons (Fsp3) is 0.176. The van der Waals surface area contributed by atoms with Crippen molar-refractivity contribution in [3.05, 3.63) is 52.0 Å². The Kier molecular flexibility index (Phi) is 3.45. The molecule has 4 rings (SSSR count). The number of hydrogen-bond donors (Lipinski definition) is 1. The van der Waals surface area contributed by atoms with Crippen molar-refractivity contribution in [2.24, 2.45) is 0 Å². The molecule has 0 saturated heterocycles. The van der Waals surface area contributed by atoms with E-state index in [-0.39, 0.29) is 16.3 Å². The summed E-state index contributed by atoms with van der Waals surface area (Å²) in [6.07, 6.45) is 2.94. The molecule has 7 heteroatoms. The van der Waals surface area contributed by atoms with E-state index in [2.05, 4.69) is 4.98 Å². The number of halogens is 2. The van der Waals surface area contributed by atoms with E-state index in [1.165, 1.54) is 0 Å². The molecule has 24 heavy (non-hydrogen) atoms. The third-order valence-electron chi connectivity index (χ3n) is 4.03. The third kappa shape index (κ3) is 2.41. The zero-order chi connectivity index (χ0) is 16.8. The van der Waals surface area contributed by atoms with Gasteiger partial charge in [-0.3, -0.25) is 0 Å². The average Bonchev–Trinajstić information content (AvgIpc) is 3.12. The molecule has 0 amide bonds. The Morgan fingerprint density at radius 1 is 1.25 bits per heavy atom. The highest BCUT2D eigenvalue weighted by Crippen LogP contribution is 2.36. The van der Waals surface area contributed by atoms with E-state index < -0.39 is 17.6 Å². The molecule has 0 fully saturated rings. The van der Waals surface area contributed by atoms with Crippen LogP contribution in [-0.2, 0) is 12.8 Å². The van der Waals surface area contributed by atoms with Gasteiger partial charge in [-0.1, -0.05) is 0 Å². The van der Waals surface area contributed by atoms with Crippen LogP contribution >= 0.6 is 11.3 Å². The Bertz CT molecular complexity index is 984. The largest absolute Gasteiger partial charge is 0.419 e. The normalized spacial score (nSPS) is 13.2. The third-order valence-corrected chi connectivity index (χ3v) is 5.13. The van der Waals surface area contributed by atoms with Crippen LogP contribution < -0.4 is 10.5 Å². The van der Waals surface area contributed by atoms with E-state index in [9.17, 15) is 13.6 Å². The number of anilines is 1. The van der Waals surface area contributed by atoms with Crippen molar-refractivity contribution in [3.8, 4) is 5.75 Å². The molecule has 0 unspecified atom stereocenters. The lowest BCUT2D eigenvalue weighted by Crippen LogP contribution is -2.09. The standard InChI is InChI=1S/C17H12F2N2O2S/c18-9-4-5-13(11(19)7-9)23-17(22)15-14(20)10-6-8-2-1-3-12(8)21-16(10)24-15/h4-7H,1-3,20H2. The summed E-state index contributed by atoms with van der Waals surface area (Å²) in [5.41, 5.74) is 8.53. The van der Waals surface area contributed by atoms with Crippen LogP contribution in [0.3, 0.4) is 0 Å². The maximum Gasteiger partial charge on any atom is 0.356 e. The van der Waals surface area contributed by atoms with E-state index in [0.717, 1.165) is 54.0 Å². The molecule has 0 radical (unpaired) electrons. The van der Waals surface area contributed by atoms with Gasteiger partial charge in [0, 0.05) is 17.1 Å². The van der Waals surface area contributed by atoms with E-state index in [1.807, 2.05) is 6.07 Å². The van der Waals surface area contributed by atoms with Crippen LogP contribution in [0, 0.1) is 11.6 Å². The molecule has 1 aromatic carbocycles. The van der Waals surface area contributed by atoms with Gasteiger partial charge in [0.1, 0.15) is 15.5 Å². The molecular weight excluding hydrogens is 334 g/mol. The van der Waals surface area contributed by atoms with Gasteiger partial charge in [-0.05, 0) is 43.0 Å². The number of nitrogens with zero attached hydrogens (tertiary/aromatic N) is 1. The summed E-state index contributed by atoms with van der Waals surface area (Å²) < 4.78 is 31.6. The number of aryl methyl sites for hydroxylation is 2. The van der Waals surface area contributed by atoms with Crippen molar-refractivity contribution in [1.82, 2.24) is 4.98 Å². The molecule has 3 aromatic rings. The highest BCUT2D eigenvalue weighted by Gasteiger charge is 2.23. The van der Waals surface area contributed by atoms with Crippen molar-refractivity contribution in [1.29, 1.82) is 0 Å². The monoisotopic (exact) mass is 346 g/mol. The molecule has 0 saturated carbocycles. The number of fused-ring (bicyclic) bond motifs is 2. The first kappa shape index (κ1) is 15.0. The molecule has 122 valence electrons. The van der Waals surface area contributed by atoms with E-state index >= 15 is 0 Å². The first-order chi connectivity index (χ1) is 11.5. The summed E-state index contributed by atoms with van der Waals surface area (Å²) in [4.78, 5) is 17.7. The summed E-state index contributed by atoms with van der Waals surface area (Å²) in [6.45, 7) is 0. The molecule has 1 aliphatic carbocycles. The minimum absolute atomic E-state index is 0.171. The Labute approximate surface area is 139 Å². The SMILES string of the molecule is Nc1c(C(=O)Oc2ccc(F)cc2F)sc2nc3c(cc12)CCC3. The topological polar surface area (TPSA) is 65.2 Å². The van der Waals surface area contributed by atoms with Crippen LogP contribution in [-0.4, -0.2) is 11.0 Å². The number of pyridine rings is 1. The average molecular weight is 346 g/mol. The Hall–Kier alpha value is -2.54. The molecule has 0 spiro atoms. The van der Waals surface area contributed by atoms with E-state index in [4.69, 9.17) is 10.5 Å². The number of nitrogens with two attached hydrogens (primary N) is 1. The van der Waals surface area contributed by atoms with Gasteiger partial charge in [-0.2, -0.15) is 0 Å². The smallest absolute Gasteiger partial charge is 0.356 e. The number of aromatic nitrogens is 1. The first-order valence-electron chi connectivity index (χ1n) is 7.41. The van der Waals surface area contributed by atoms with Crippen LogP contribution in [0.4, 0.5) is 14.5 Å². The van der Waals surface area contributed by atoms with Crippen LogP contribution in [0.1, 0.15) is 27.3 Å². The van der Waals surface area contributed by atoms with Gasteiger partial charge in [-0.15, -0.1) is 11.3 Å². The number of carbonyl (C=O) groups is 1. The minimum atomic E-state index is -0.944. The number of thiophene rings is 1. The summed E-state index contributed by atoms with van der Waals surface area (Å²) in [7, 11) is 0. The first-order valence-corrected chi connectivity index (χ1v) is 8.22. The summed E-state index contributed by atoms with van der Waals surface area (Å²) in [6, 6.07) is 4.71. The van der Waals surface area contributed by atoms with Crippen molar-refractivity contribution in [2.75, 3.05) is 5.73 Å². The minimum Gasteiger partial charge on any atom is -0.419 e. The zero-order valence-electron chi connectivity index (χ0n) is 12.4. The van der Waals surface area contributed by atoms with E-state index in [1.54, 1.807) is 0 Å². The van der Waals surface area contributed by atoms with Gasteiger partial charge < -0.3 is 10.5 Å². The summed E-state index contributed by atoms with van der Waals surface area (Å²) >= 11 is 1.12. The lowest BCUT2D eigenvalue weighted by atomic mass is 10.1. The quantitative estimate of drug-likeness (QED) is 0.565. The van der Waals surface area contributed by atoms with Gasteiger partial charge >= 0.3 is 5.97 Å². The summed E-state index contributed by atoms with van der Waals surface area (Å²) in [5.74, 6) is -2.80. The van der Waals surface area contributed by atoms with Crippen molar-refractivity contribution in [2.45, 2.75) is 19.3 Å². The second-order valence-corrected chi connectivity index (χ2v) is 6.61. The summed E-state index contributed by atoms with van der Waals surface area (Å²) in [5, 5.41) is 0.715. The predicted octanol–water partition coefficient (Wildman–Crippen LogP) is 3.86. The van der Waals surface area contributed by atoms with Crippen molar-refractivity contribution < 1.29 is 18.3 Å². The lowest BCUT2D eigenvalue weighted by molar-refractivity contribution is 0.0733. The molecule has 2 aromatic heterocycles. The van der Waals surface area contributed by atoms with Gasteiger partial charge in [0.05, 0.1) is 5.69 Å². The molecule has 4 nitrogen and oxygen atoms in total. The van der Waals surface area contributed by atoms with Gasteiger partial charge in [0.2, 0.25) is 0 Å². The van der Waals surface area contributed by atoms with Crippen LogP contribution in [0.2, 0.25) is 0 Å². The number of benzene rings is 1. The fourth-order valence-corrected chi connectivity index (χ4v) is 3.83. The van der Waals surface area contributed by atoms with Gasteiger partial charge in [-0.25, -0.2) is 18.6 Å². The second-order valence-electron chi connectivity index (χ2n) is 5.61. The number of rotatable bonds is 2. The predicted molar refractivity (Wildman–Crippen MR) is 87.4 cm³/mol. The number of carbonyl (C=O) groups excluding carboxylic acids is 1. The molecular formula is C17H12F2N2O2S. The van der Waals surface area contributed by atoms with Crippen molar-refractivity contribution >= 4 is 33.2 Å². The van der Waals surface area contributed by atoms with Crippen LogP contribution in [0.25, 0.3) is 10.2 Å². The van der Waals surface area contributed by atoms with Gasteiger partial charge in [0.15, 0.2) is 11.6 Å². The number of hydrogen-bond acceptors (Lipinski definition) is 5. The van der Waals surface area contributed by atoms with Crippen molar-refractivity contribution in [3.63, 3.8) is 0 Å². The molecule has 2 N–H and O–H groups in total. The molecule has 1 aliphatic rings. The second kappa shape index (κ2) is 5.52. The van der Waals surface area contributed by atoms with Crippen LogP contribution in [0.15, 0.2) is 24.3 Å². The molecule has 0 atom stereocenters. The van der Waals surface area contributed by atoms with Gasteiger partial charge in [0.25, 0.3) is 0 Å². The molecule has 2 heterocycles. The Morgan fingerprint density at radius 2 is 2.08 bits per heavy atom. The number of nitrogen functional groups attached to an aromatic ring is 1. The van der Waals surface area contributed by atoms with E-state index in [0.29, 0.717) is 16.3 Å². The zero-order valence-corrected chi connectivity index (χ0v) is 13.3. The fourth-order valence-electron chi connectivity index (χ4n) is 2.85. The number of esters is 1. The lowest BCUT2D eigenvalue weighted by Gasteiger charge is -2.04. The Balaban J connectivity index is 1.70.